The van der Waals surface area contributed by atoms with Crippen molar-refractivity contribution in [3.63, 3.8) is 0 Å². The molecule has 158 valence electrons. The van der Waals surface area contributed by atoms with Gasteiger partial charge in [0.05, 0.1) is 25.3 Å². The van der Waals surface area contributed by atoms with Gasteiger partial charge in [0, 0.05) is 55.1 Å². The number of methoxy groups -OCH3 is 1. The molecule has 0 amide bonds. The predicted octanol–water partition coefficient (Wildman–Crippen LogP) is 2.75. The number of aromatic nitrogens is 2. The van der Waals surface area contributed by atoms with Gasteiger partial charge >= 0.3 is 0 Å². The fraction of sp³-hybridized carbons (Fsp3) is 0.458. The molecule has 2 aliphatic rings. The van der Waals surface area contributed by atoms with Crippen molar-refractivity contribution in [3.8, 4) is 5.75 Å². The Balaban J connectivity index is 1.50. The van der Waals surface area contributed by atoms with Crippen LogP contribution >= 0.6 is 0 Å². The SMILES string of the molecule is COc1ccc2c3c(n(C)c2c1)[C@H](CO)NCC31CCN(Cc2ccncc2)CC1. The van der Waals surface area contributed by atoms with E-state index in [1.54, 1.807) is 7.11 Å². The van der Waals surface area contributed by atoms with Crippen molar-refractivity contribution in [2.24, 2.45) is 7.05 Å². The number of aliphatic hydroxyl groups is 1. The monoisotopic (exact) mass is 406 g/mol. The number of piperidine rings is 1. The Morgan fingerprint density at radius 2 is 1.97 bits per heavy atom. The van der Waals surface area contributed by atoms with Crippen LogP contribution in [0.3, 0.4) is 0 Å². The summed E-state index contributed by atoms with van der Waals surface area (Å²) in [4.78, 5) is 6.68. The average Bonchev–Trinajstić information content (AvgIpc) is 3.10. The van der Waals surface area contributed by atoms with E-state index in [2.05, 4.69) is 57.1 Å². The molecule has 0 unspecified atom stereocenters. The maximum absolute atomic E-state index is 10.1. The van der Waals surface area contributed by atoms with Gasteiger partial charge in [-0.1, -0.05) is 0 Å². The van der Waals surface area contributed by atoms with Crippen LogP contribution in [-0.2, 0) is 19.0 Å². The third-order valence-electron chi connectivity index (χ3n) is 7.15. The molecule has 2 N–H and O–H groups in total. The second-order valence-electron chi connectivity index (χ2n) is 8.73. The first-order valence-electron chi connectivity index (χ1n) is 10.8. The van der Waals surface area contributed by atoms with Gasteiger partial charge in [-0.05, 0) is 61.3 Å². The van der Waals surface area contributed by atoms with Crippen LogP contribution in [0.25, 0.3) is 10.9 Å². The van der Waals surface area contributed by atoms with Gasteiger partial charge in [0.25, 0.3) is 0 Å². The molecule has 0 radical (unpaired) electrons. The summed E-state index contributed by atoms with van der Waals surface area (Å²) in [6.07, 6.45) is 5.97. The topological polar surface area (TPSA) is 62.6 Å². The Bertz CT molecular complexity index is 1040. The van der Waals surface area contributed by atoms with Crippen molar-refractivity contribution in [1.29, 1.82) is 0 Å². The second kappa shape index (κ2) is 7.69. The third-order valence-corrected chi connectivity index (χ3v) is 7.15. The average molecular weight is 407 g/mol. The molecule has 6 nitrogen and oxygen atoms in total. The van der Waals surface area contributed by atoms with Crippen molar-refractivity contribution < 1.29 is 9.84 Å². The zero-order chi connectivity index (χ0) is 20.7. The Hall–Kier alpha value is -2.41. The largest absolute Gasteiger partial charge is 0.497 e. The molecule has 1 saturated heterocycles. The van der Waals surface area contributed by atoms with Crippen molar-refractivity contribution in [2.75, 3.05) is 33.4 Å². The first-order valence-corrected chi connectivity index (χ1v) is 10.8. The molecule has 3 aromatic rings. The molecule has 0 bridgehead atoms. The summed E-state index contributed by atoms with van der Waals surface area (Å²) < 4.78 is 7.74. The van der Waals surface area contributed by atoms with E-state index >= 15 is 0 Å². The highest BCUT2D eigenvalue weighted by molar-refractivity contribution is 5.88. The number of aliphatic hydroxyl groups excluding tert-OH is 1. The Kier molecular flexibility index (Phi) is 5.01. The van der Waals surface area contributed by atoms with Crippen molar-refractivity contribution in [1.82, 2.24) is 19.8 Å². The van der Waals surface area contributed by atoms with Crippen LogP contribution in [0, 0.1) is 0 Å². The van der Waals surface area contributed by atoms with E-state index in [0.29, 0.717) is 0 Å². The molecule has 5 rings (SSSR count). The molecule has 0 aliphatic carbocycles. The zero-order valence-corrected chi connectivity index (χ0v) is 17.8. The van der Waals surface area contributed by atoms with Crippen LogP contribution in [-0.4, -0.2) is 52.9 Å². The molecule has 2 aliphatic heterocycles. The molecular weight excluding hydrogens is 376 g/mol. The summed E-state index contributed by atoms with van der Waals surface area (Å²) in [5.41, 5.74) is 5.27. The lowest BCUT2D eigenvalue weighted by Gasteiger charge is -2.46. The molecule has 0 saturated carbocycles. The maximum Gasteiger partial charge on any atom is 0.120 e. The summed E-state index contributed by atoms with van der Waals surface area (Å²) >= 11 is 0. The number of rotatable bonds is 4. The molecule has 1 atom stereocenters. The molecule has 1 fully saturated rings. The van der Waals surface area contributed by atoms with Crippen LogP contribution < -0.4 is 10.1 Å². The van der Waals surface area contributed by atoms with Gasteiger partial charge in [0.1, 0.15) is 5.75 Å². The van der Waals surface area contributed by atoms with E-state index in [1.165, 1.54) is 27.7 Å². The lowest BCUT2D eigenvalue weighted by Crippen LogP contribution is -2.52. The molecule has 1 aromatic carbocycles. The fourth-order valence-corrected chi connectivity index (χ4v) is 5.50. The number of nitrogens with one attached hydrogen (secondary N) is 1. The summed E-state index contributed by atoms with van der Waals surface area (Å²) in [6.45, 7) is 4.14. The Morgan fingerprint density at radius 3 is 2.67 bits per heavy atom. The van der Waals surface area contributed by atoms with E-state index in [9.17, 15) is 5.11 Å². The minimum Gasteiger partial charge on any atom is -0.497 e. The van der Waals surface area contributed by atoms with Crippen LogP contribution in [0.5, 0.6) is 5.75 Å². The van der Waals surface area contributed by atoms with Crippen molar-refractivity contribution in [3.05, 3.63) is 59.5 Å². The second-order valence-corrected chi connectivity index (χ2v) is 8.73. The normalized spacial score (nSPS) is 21.1. The van der Waals surface area contributed by atoms with Gasteiger partial charge in [-0.2, -0.15) is 0 Å². The molecule has 6 heteroatoms. The summed E-state index contributed by atoms with van der Waals surface area (Å²) in [7, 11) is 3.82. The van der Waals surface area contributed by atoms with Gasteiger partial charge in [-0.25, -0.2) is 0 Å². The fourth-order valence-electron chi connectivity index (χ4n) is 5.50. The predicted molar refractivity (Wildman–Crippen MR) is 118 cm³/mol. The smallest absolute Gasteiger partial charge is 0.120 e. The van der Waals surface area contributed by atoms with Gasteiger partial charge in [0.15, 0.2) is 0 Å². The van der Waals surface area contributed by atoms with Gasteiger partial charge < -0.3 is 19.7 Å². The summed E-state index contributed by atoms with van der Waals surface area (Å²) in [5, 5.41) is 15.0. The number of benzene rings is 1. The first kappa shape index (κ1) is 19.5. The minimum atomic E-state index is -0.0242. The zero-order valence-electron chi connectivity index (χ0n) is 17.8. The molecule has 1 spiro atoms. The number of hydrogen-bond acceptors (Lipinski definition) is 5. The standard InChI is InChI=1S/C24H30N4O2/c1-27-21-13-18(30-2)3-4-19(21)22-23(27)20(15-29)26-16-24(22)7-11-28(12-8-24)14-17-5-9-25-10-6-17/h3-6,9-10,13,20,26,29H,7-8,11-12,14-16H2,1-2H3/t20-/m0/s1. The lowest BCUT2D eigenvalue weighted by atomic mass is 9.69. The number of hydrogen-bond donors (Lipinski definition) is 2. The highest BCUT2D eigenvalue weighted by atomic mass is 16.5. The van der Waals surface area contributed by atoms with E-state index in [1.807, 2.05) is 12.4 Å². The number of ether oxygens (including phenoxy) is 1. The Labute approximate surface area is 177 Å². The van der Waals surface area contributed by atoms with Gasteiger partial charge in [-0.3, -0.25) is 9.88 Å². The van der Waals surface area contributed by atoms with Gasteiger partial charge in [-0.15, -0.1) is 0 Å². The summed E-state index contributed by atoms with van der Waals surface area (Å²) in [6, 6.07) is 10.6. The summed E-state index contributed by atoms with van der Waals surface area (Å²) in [5.74, 6) is 0.871. The number of fused-ring (bicyclic) bond motifs is 4. The quantitative estimate of drug-likeness (QED) is 0.698. The Morgan fingerprint density at radius 1 is 1.20 bits per heavy atom. The molecule has 2 aromatic heterocycles. The van der Waals surface area contributed by atoms with Crippen molar-refractivity contribution in [2.45, 2.75) is 30.8 Å². The van der Waals surface area contributed by atoms with Crippen LogP contribution in [0.1, 0.15) is 35.7 Å². The van der Waals surface area contributed by atoms with E-state index < -0.39 is 0 Å². The molecule has 4 heterocycles. The first-order chi connectivity index (χ1) is 14.6. The van der Waals surface area contributed by atoms with Crippen LogP contribution in [0.4, 0.5) is 0 Å². The van der Waals surface area contributed by atoms with Crippen molar-refractivity contribution >= 4 is 10.9 Å². The highest BCUT2D eigenvalue weighted by Crippen LogP contribution is 2.47. The number of aryl methyl sites for hydroxylation is 1. The third kappa shape index (κ3) is 3.11. The van der Waals surface area contributed by atoms with E-state index in [4.69, 9.17) is 4.74 Å². The van der Waals surface area contributed by atoms with Crippen LogP contribution in [0.2, 0.25) is 0 Å². The van der Waals surface area contributed by atoms with Crippen LogP contribution in [0.15, 0.2) is 42.7 Å². The molecule has 30 heavy (non-hydrogen) atoms. The lowest BCUT2D eigenvalue weighted by molar-refractivity contribution is 0.131. The van der Waals surface area contributed by atoms with Gasteiger partial charge in [0.2, 0.25) is 0 Å². The molecular formula is C24H30N4O2. The maximum atomic E-state index is 10.1. The van der Waals surface area contributed by atoms with E-state index in [0.717, 1.165) is 44.8 Å². The van der Waals surface area contributed by atoms with E-state index in [-0.39, 0.29) is 18.1 Å². The minimum absolute atomic E-state index is 0.0242. The highest BCUT2D eigenvalue weighted by Gasteiger charge is 2.44. The number of nitrogens with zero attached hydrogens (tertiary/aromatic N) is 3. The number of pyridine rings is 1. The number of likely N-dealkylation sites (tertiary alicyclic amines) is 1.